The van der Waals surface area contributed by atoms with Gasteiger partial charge in [0.1, 0.15) is 5.60 Å². The van der Waals surface area contributed by atoms with Gasteiger partial charge in [0.2, 0.25) is 10.0 Å². The van der Waals surface area contributed by atoms with E-state index in [1.165, 1.54) is 32.4 Å². The molecule has 0 heterocycles. The molecule has 136 valence electrons. The summed E-state index contributed by atoms with van der Waals surface area (Å²) in [4.78, 5) is 11.5. The van der Waals surface area contributed by atoms with Gasteiger partial charge in [-0.05, 0) is 32.9 Å². The molecule has 0 radical (unpaired) electrons. The van der Waals surface area contributed by atoms with Gasteiger partial charge in [0.05, 0.1) is 19.1 Å². The van der Waals surface area contributed by atoms with E-state index < -0.39 is 21.7 Å². The first-order valence-electron chi connectivity index (χ1n) is 7.27. The smallest absolute Gasteiger partial charge is 0.407 e. The summed E-state index contributed by atoms with van der Waals surface area (Å²) in [5, 5.41) is 2.47. The molecule has 2 N–H and O–H groups in total. The summed E-state index contributed by atoms with van der Waals surface area (Å²) in [7, 11) is -0.841. The minimum atomic E-state index is -3.73. The van der Waals surface area contributed by atoms with E-state index in [-0.39, 0.29) is 18.0 Å². The highest BCUT2D eigenvalue weighted by Crippen LogP contribution is 2.29. The van der Waals surface area contributed by atoms with Crippen LogP contribution in [-0.2, 0) is 14.8 Å². The summed E-state index contributed by atoms with van der Waals surface area (Å²) >= 11 is 0. The first-order valence-corrected chi connectivity index (χ1v) is 8.76. The molecule has 24 heavy (non-hydrogen) atoms. The largest absolute Gasteiger partial charge is 0.493 e. The second-order valence-corrected chi connectivity index (χ2v) is 7.61. The molecule has 0 bridgehead atoms. The van der Waals surface area contributed by atoms with Gasteiger partial charge in [-0.3, -0.25) is 0 Å². The Morgan fingerprint density at radius 1 is 1.08 bits per heavy atom. The molecule has 0 aromatic heterocycles. The minimum absolute atomic E-state index is 0.0237. The highest BCUT2D eigenvalue weighted by atomic mass is 32.2. The third kappa shape index (κ3) is 6.25. The van der Waals surface area contributed by atoms with Crippen molar-refractivity contribution in [3.05, 3.63) is 18.2 Å². The van der Waals surface area contributed by atoms with Crippen LogP contribution in [0.3, 0.4) is 0 Å². The fraction of sp³-hybridized carbons (Fsp3) is 0.533. The van der Waals surface area contributed by atoms with Gasteiger partial charge in [0, 0.05) is 19.2 Å². The SMILES string of the molecule is COc1ccc(S(=O)(=O)NCCNC(=O)OC(C)(C)C)cc1OC. The molecule has 0 unspecified atom stereocenters. The number of amides is 1. The average molecular weight is 360 g/mol. The standard InChI is InChI=1S/C15H24N2O6S/c1-15(2,3)23-14(18)16-8-9-17-24(19,20)11-6-7-12(21-4)13(10-11)22-5/h6-7,10,17H,8-9H2,1-5H3,(H,16,18). The van der Waals surface area contributed by atoms with Gasteiger partial charge in [0.15, 0.2) is 11.5 Å². The Morgan fingerprint density at radius 2 is 1.71 bits per heavy atom. The number of hydrogen-bond acceptors (Lipinski definition) is 6. The van der Waals surface area contributed by atoms with E-state index in [2.05, 4.69) is 10.0 Å². The van der Waals surface area contributed by atoms with E-state index in [1.807, 2.05) is 0 Å². The molecule has 0 spiro atoms. The lowest BCUT2D eigenvalue weighted by atomic mass is 10.2. The van der Waals surface area contributed by atoms with Crippen LogP contribution in [0.4, 0.5) is 4.79 Å². The maximum absolute atomic E-state index is 12.2. The third-order valence-electron chi connectivity index (χ3n) is 2.75. The first-order chi connectivity index (χ1) is 11.1. The molecule has 1 amide bonds. The van der Waals surface area contributed by atoms with Crippen molar-refractivity contribution in [2.45, 2.75) is 31.3 Å². The molecule has 8 nitrogen and oxygen atoms in total. The van der Waals surface area contributed by atoms with Gasteiger partial charge in [-0.15, -0.1) is 0 Å². The predicted molar refractivity (Wildman–Crippen MR) is 89.0 cm³/mol. The first kappa shape index (κ1) is 20.0. The summed E-state index contributed by atoms with van der Waals surface area (Å²) in [6.07, 6.45) is -0.604. The third-order valence-corrected chi connectivity index (χ3v) is 4.21. The number of benzene rings is 1. The number of methoxy groups -OCH3 is 2. The van der Waals surface area contributed by atoms with Crippen molar-refractivity contribution in [3.8, 4) is 11.5 Å². The van der Waals surface area contributed by atoms with Crippen molar-refractivity contribution in [3.63, 3.8) is 0 Å². The highest BCUT2D eigenvalue weighted by Gasteiger charge is 2.18. The Bertz CT molecular complexity index is 667. The second-order valence-electron chi connectivity index (χ2n) is 5.84. The highest BCUT2D eigenvalue weighted by molar-refractivity contribution is 7.89. The lowest BCUT2D eigenvalue weighted by Crippen LogP contribution is -2.37. The van der Waals surface area contributed by atoms with Crippen molar-refractivity contribution in [2.75, 3.05) is 27.3 Å². The number of carbonyl (C=O) groups is 1. The molecule has 1 aromatic rings. The molecule has 0 fully saturated rings. The number of carbonyl (C=O) groups excluding carboxylic acids is 1. The summed E-state index contributed by atoms with van der Waals surface area (Å²) in [6.45, 7) is 5.35. The van der Waals surface area contributed by atoms with Crippen LogP contribution in [0.1, 0.15) is 20.8 Å². The lowest BCUT2D eigenvalue weighted by molar-refractivity contribution is 0.0529. The number of alkyl carbamates (subject to hydrolysis) is 1. The number of rotatable bonds is 7. The normalized spacial score (nSPS) is 11.7. The zero-order valence-corrected chi connectivity index (χ0v) is 15.3. The molecule has 9 heteroatoms. The van der Waals surface area contributed by atoms with Crippen molar-refractivity contribution < 1.29 is 27.4 Å². The fourth-order valence-electron chi connectivity index (χ4n) is 1.73. The Labute approximate surface area is 142 Å². The van der Waals surface area contributed by atoms with Crippen LogP contribution in [0.5, 0.6) is 11.5 Å². The summed E-state index contributed by atoms with van der Waals surface area (Å²) < 4.78 is 42.0. The van der Waals surface area contributed by atoms with Crippen molar-refractivity contribution in [1.29, 1.82) is 0 Å². The van der Waals surface area contributed by atoms with Crippen LogP contribution in [0.15, 0.2) is 23.1 Å². The molecule has 0 aliphatic carbocycles. The molecular formula is C15H24N2O6S. The Balaban J connectivity index is 2.60. The molecule has 1 rings (SSSR count). The Hall–Kier alpha value is -2.00. The molecule has 1 aromatic carbocycles. The van der Waals surface area contributed by atoms with E-state index in [4.69, 9.17) is 14.2 Å². The van der Waals surface area contributed by atoms with Gasteiger partial charge >= 0.3 is 6.09 Å². The number of ether oxygens (including phenoxy) is 3. The van der Waals surface area contributed by atoms with E-state index in [0.717, 1.165) is 0 Å². The average Bonchev–Trinajstić information content (AvgIpc) is 2.49. The number of nitrogens with one attached hydrogen (secondary N) is 2. The molecule has 0 aliphatic rings. The van der Waals surface area contributed by atoms with Crippen molar-refractivity contribution in [1.82, 2.24) is 10.0 Å². The van der Waals surface area contributed by atoms with E-state index in [0.29, 0.717) is 11.5 Å². The van der Waals surface area contributed by atoms with Crippen LogP contribution < -0.4 is 19.5 Å². The maximum atomic E-state index is 12.2. The monoisotopic (exact) mass is 360 g/mol. The molecule has 0 aliphatic heterocycles. The summed E-state index contributed by atoms with van der Waals surface area (Å²) in [5.74, 6) is 0.746. The maximum Gasteiger partial charge on any atom is 0.407 e. The van der Waals surface area contributed by atoms with Gasteiger partial charge in [-0.25, -0.2) is 17.9 Å². The molecular weight excluding hydrogens is 336 g/mol. The molecule has 0 saturated heterocycles. The van der Waals surface area contributed by atoms with Crippen molar-refractivity contribution in [2.24, 2.45) is 0 Å². The van der Waals surface area contributed by atoms with Crippen LogP contribution in [0.2, 0.25) is 0 Å². The Kier molecular flexibility index (Phi) is 6.85. The summed E-state index contributed by atoms with van der Waals surface area (Å²) in [5.41, 5.74) is -0.608. The van der Waals surface area contributed by atoms with Gasteiger partial charge in [0.25, 0.3) is 0 Å². The van der Waals surface area contributed by atoms with Gasteiger partial charge < -0.3 is 19.5 Å². The quantitative estimate of drug-likeness (QED) is 0.715. The zero-order valence-electron chi connectivity index (χ0n) is 14.5. The van der Waals surface area contributed by atoms with Crippen molar-refractivity contribution >= 4 is 16.1 Å². The zero-order chi connectivity index (χ0) is 18.4. The fourth-order valence-corrected chi connectivity index (χ4v) is 2.78. The van der Waals surface area contributed by atoms with Crippen LogP contribution in [-0.4, -0.2) is 47.4 Å². The Morgan fingerprint density at radius 3 is 2.25 bits per heavy atom. The summed E-state index contributed by atoms with van der Waals surface area (Å²) in [6, 6.07) is 4.28. The number of hydrogen-bond donors (Lipinski definition) is 2. The van der Waals surface area contributed by atoms with Crippen LogP contribution in [0, 0.1) is 0 Å². The van der Waals surface area contributed by atoms with Crippen LogP contribution in [0.25, 0.3) is 0 Å². The van der Waals surface area contributed by atoms with Crippen LogP contribution >= 0.6 is 0 Å². The minimum Gasteiger partial charge on any atom is -0.493 e. The molecule has 0 saturated carbocycles. The number of sulfonamides is 1. The van der Waals surface area contributed by atoms with E-state index in [1.54, 1.807) is 20.8 Å². The van der Waals surface area contributed by atoms with Gasteiger partial charge in [-0.2, -0.15) is 0 Å². The van der Waals surface area contributed by atoms with E-state index in [9.17, 15) is 13.2 Å². The predicted octanol–water partition coefficient (Wildman–Crippen LogP) is 1.51. The lowest BCUT2D eigenvalue weighted by Gasteiger charge is -2.19. The topological polar surface area (TPSA) is 103 Å². The van der Waals surface area contributed by atoms with E-state index >= 15 is 0 Å². The van der Waals surface area contributed by atoms with Gasteiger partial charge in [-0.1, -0.05) is 0 Å². The molecule has 0 atom stereocenters. The second kappa shape index (κ2) is 8.20.